The Kier molecular flexibility index (Phi) is 7.60. The van der Waals surface area contributed by atoms with Crippen LogP contribution in [0.2, 0.25) is 0 Å². The summed E-state index contributed by atoms with van der Waals surface area (Å²) in [6.45, 7) is 6.15. The average Bonchev–Trinajstić information content (AvgIpc) is 3.18. The normalized spacial score (nSPS) is 28.2. The highest BCUT2D eigenvalue weighted by atomic mass is 16.6. The maximum absolute atomic E-state index is 10.5. The summed E-state index contributed by atoms with van der Waals surface area (Å²) in [5.74, 6) is 0.770. The van der Waals surface area contributed by atoms with Gasteiger partial charge in [-0.1, -0.05) is 54.6 Å². The lowest BCUT2D eigenvalue weighted by Gasteiger charge is -2.40. The van der Waals surface area contributed by atoms with Crippen LogP contribution in [-0.2, 0) is 21.5 Å². The first-order chi connectivity index (χ1) is 18.2. The SMILES string of the molecule is Cc1ccc([C@@H]2O[C@H](CO)[C@@H](O)[C@H](O)[C@H]2O)cc1Cc1ccc(OC[C@@H]2OC(C)(C)c3ccccc32)cc1. The van der Waals surface area contributed by atoms with Gasteiger partial charge in [-0.05, 0) is 72.7 Å². The summed E-state index contributed by atoms with van der Waals surface area (Å²) >= 11 is 0. The standard InChI is InChI=1S/C31H36O7/c1-18-8-11-20(30-29(35)28(34)27(33)25(16-32)37-30)15-21(18)14-19-9-12-22(13-10-19)36-17-26-23-6-4-5-7-24(23)31(2,3)38-26/h4-13,15,25-30,32-35H,14,16-17H2,1-3H3/t25-,26+,27-,28+,29-,30+/m1/s1. The first-order valence-electron chi connectivity index (χ1n) is 13.1. The molecule has 1 saturated heterocycles. The highest BCUT2D eigenvalue weighted by molar-refractivity contribution is 5.39. The third-order valence-corrected chi connectivity index (χ3v) is 7.71. The van der Waals surface area contributed by atoms with Crippen LogP contribution in [0, 0.1) is 6.92 Å². The van der Waals surface area contributed by atoms with E-state index in [0.717, 1.165) is 22.4 Å². The number of fused-ring (bicyclic) bond motifs is 1. The molecule has 3 aromatic rings. The fourth-order valence-corrected chi connectivity index (χ4v) is 5.46. The summed E-state index contributed by atoms with van der Waals surface area (Å²) < 4.78 is 18.1. The van der Waals surface area contributed by atoms with Crippen LogP contribution in [0.5, 0.6) is 5.75 Å². The van der Waals surface area contributed by atoms with Crippen LogP contribution in [0.1, 0.15) is 59.4 Å². The molecule has 0 aromatic heterocycles. The van der Waals surface area contributed by atoms with Crippen molar-refractivity contribution in [3.63, 3.8) is 0 Å². The minimum atomic E-state index is -1.41. The number of rotatable bonds is 7. The summed E-state index contributed by atoms with van der Waals surface area (Å²) in [4.78, 5) is 0. The van der Waals surface area contributed by atoms with Gasteiger partial charge in [0, 0.05) is 0 Å². The summed E-state index contributed by atoms with van der Waals surface area (Å²) in [5.41, 5.74) is 5.94. The Hall–Kier alpha value is -2.78. The fraction of sp³-hybridized carbons (Fsp3) is 0.419. The van der Waals surface area contributed by atoms with E-state index < -0.39 is 37.1 Å². The molecule has 0 unspecified atom stereocenters. The largest absolute Gasteiger partial charge is 0.491 e. The summed E-state index contributed by atoms with van der Waals surface area (Å²) in [6, 6.07) is 22.0. The van der Waals surface area contributed by atoms with Crippen molar-refractivity contribution in [1.29, 1.82) is 0 Å². The molecule has 7 heteroatoms. The average molecular weight is 521 g/mol. The molecule has 0 radical (unpaired) electrons. The van der Waals surface area contributed by atoms with Crippen LogP contribution in [0.4, 0.5) is 0 Å². The maximum Gasteiger partial charge on any atom is 0.119 e. The number of aryl methyl sites for hydroxylation is 1. The molecule has 2 aliphatic rings. The maximum atomic E-state index is 10.5. The molecular formula is C31H36O7. The lowest BCUT2D eigenvalue weighted by atomic mass is 9.89. The molecule has 0 spiro atoms. The van der Waals surface area contributed by atoms with E-state index in [2.05, 4.69) is 26.0 Å². The second-order valence-corrected chi connectivity index (χ2v) is 10.8. The second kappa shape index (κ2) is 10.8. The van der Waals surface area contributed by atoms with Crippen molar-refractivity contribution in [2.24, 2.45) is 0 Å². The van der Waals surface area contributed by atoms with Crippen LogP contribution in [-0.4, -0.2) is 58.1 Å². The van der Waals surface area contributed by atoms with Crippen LogP contribution < -0.4 is 4.74 Å². The van der Waals surface area contributed by atoms with Gasteiger partial charge in [-0.15, -0.1) is 0 Å². The minimum absolute atomic E-state index is 0.117. The van der Waals surface area contributed by atoms with E-state index >= 15 is 0 Å². The second-order valence-electron chi connectivity index (χ2n) is 10.8. The number of aliphatic hydroxyl groups is 4. The van der Waals surface area contributed by atoms with Gasteiger partial charge in [0.2, 0.25) is 0 Å². The van der Waals surface area contributed by atoms with Crippen LogP contribution in [0.25, 0.3) is 0 Å². The van der Waals surface area contributed by atoms with Gasteiger partial charge >= 0.3 is 0 Å². The Balaban J connectivity index is 1.25. The number of benzene rings is 3. The van der Waals surface area contributed by atoms with Gasteiger partial charge < -0.3 is 34.6 Å². The van der Waals surface area contributed by atoms with Gasteiger partial charge in [0.25, 0.3) is 0 Å². The quantitative estimate of drug-likeness (QED) is 0.378. The Morgan fingerprint density at radius 1 is 0.895 bits per heavy atom. The van der Waals surface area contributed by atoms with E-state index in [1.54, 1.807) is 0 Å². The third-order valence-electron chi connectivity index (χ3n) is 7.71. The Morgan fingerprint density at radius 2 is 1.63 bits per heavy atom. The molecule has 7 nitrogen and oxygen atoms in total. The molecule has 0 bridgehead atoms. The molecule has 6 atom stereocenters. The van der Waals surface area contributed by atoms with Gasteiger partial charge in [0.1, 0.15) is 49.0 Å². The van der Waals surface area contributed by atoms with Crippen molar-refractivity contribution in [2.45, 2.75) is 69.4 Å². The van der Waals surface area contributed by atoms with Crippen molar-refractivity contribution in [1.82, 2.24) is 0 Å². The summed E-state index contributed by atoms with van der Waals surface area (Å²) in [6.07, 6.45) is -5.34. The van der Waals surface area contributed by atoms with Crippen LogP contribution >= 0.6 is 0 Å². The van der Waals surface area contributed by atoms with E-state index in [1.165, 1.54) is 11.1 Å². The first-order valence-corrected chi connectivity index (χ1v) is 13.1. The molecule has 4 N–H and O–H groups in total. The molecule has 0 saturated carbocycles. The number of hydrogen-bond acceptors (Lipinski definition) is 7. The number of hydrogen-bond donors (Lipinski definition) is 4. The van der Waals surface area contributed by atoms with Gasteiger partial charge in [-0.2, -0.15) is 0 Å². The molecule has 1 fully saturated rings. The van der Waals surface area contributed by atoms with E-state index in [9.17, 15) is 20.4 Å². The van der Waals surface area contributed by atoms with E-state index in [0.29, 0.717) is 18.6 Å². The predicted molar refractivity (Wildman–Crippen MR) is 142 cm³/mol. The highest BCUT2D eigenvalue weighted by Gasteiger charge is 2.44. The monoisotopic (exact) mass is 520 g/mol. The molecule has 5 rings (SSSR count). The summed E-state index contributed by atoms with van der Waals surface area (Å²) in [7, 11) is 0. The molecule has 38 heavy (non-hydrogen) atoms. The third kappa shape index (κ3) is 5.23. The van der Waals surface area contributed by atoms with Crippen molar-refractivity contribution in [3.05, 3.63) is 100 Å². The zero-order chi connectivity index (χ0) is 27.0. The van der Waals surface area contributed by atoms with Crippen molar-refractivity contribution < 1.29 is 34.6 Å². The first kappa shape index (κ1) is 26.8. The van der Waals surface area contributed by atoms with E-state index in [4.69, 9.17) is 14.2 Å². The highest BCUT2D eigenvalue weighted by Crippen LogP contribution is 2.43. The molecule has 3 aromatic carbocycles. The number of ether oxygens (including phenoxy) is 3. The zero-order valence-corrected chi connectivity index (χ0v) is 21.9. The molecule has 0 amide bonds. The zero-order valence-electron chi connectivity index (χ0n) is 21.9. The van der Waals surface area contributed by atoms with Crippen molar-refractivity contribution >= 4 is 0 Å². The van der Waals surface area contributed by atoms with Crippen LogP contribution in [0.15, 0.2) is 66.7 Å². The van der Waals surface area contributed by atoms with Crippen molar-refractivity contribution in [2.75, 3.05) is 13.2 Å². The topological polar surface area (TPSA) is 109 Å². The minimum Gasteiger partial charge on any atom is -0.491 e. The van der Waals surface area contributed by atoms with Gasteiger partial charge in [0.05, 0.1) is 12.2 Å². The molecule has 2 heterocycles. The number of aliphatic hydroxyl groups excluding tert-OH is 4. The molecule has 2 aliphatic heterocycles. The fourth-order valence-electron chi connectivity index (χ4n) is 5.46. The van der Waals surface area contributed by atoms with Gasteiger partial charge in [0.15, 0.2) is 0 Å². The molecule has 202 valence electrons. The van der Waals surface area contributed by atoms with Crippen LogP contribution in [0.3, 0.4) is 0 Å². The Labute approximate surface area is 223 Å². The van der Waals surface area contributed by atoms with E-state index in [1.807, 2.05) is 61.5 Å². The lowest BCUT2D eigenvalue weighted by Crippen LogP contribution is -2.55. The molecular weight excluding hydrogens is 484 g/mol. The van der Waals surface area contributed by atoms with Crippen molar-refractivity contribution in [3.8, 4) is 5.75 Å². The predicted octanol–water partition coefficient (Wildman–Crippen LogP) is 3.49. The molecule has 0 aliphatic carbocycles. The lowest BCUT2D eigenvalue weighted by molar-refractivity contribution is -0.231. The van der Waals surface area contributed by atoms with Gasteiger partial charge in [-0.25, -0.2) is 0 Å². The van der Waals surface area contributed by atoms with Gasteiger partial charge in [-0.3, -0.25) is 0 Å². The Bertz CT molecular complexity index is 1250. The van der Waals surface area contributed by atoms with E-state index in [-0.39, 0.29) is 11.7 Å². The smallest absolute Gasteiger partial charge is 0.119 e. The summed E-state index contributed by atoms with van der Waals surface area (Å²) in [5, 5.41) is 40.3. The Morgan fingerprint density at radius 3 is 2.37 bits per heavy atom.